The summed E-state index contributed by atoms with van der Waals surface area (Å²) in [5, 5.41) is 21.3. The summed E-state index contributed by atoms with van der Waals surface area (Å²) in [6, 6.07) is 3.12. The van der Waals surface area contributed by atoms with Crippen molar-refractivity contribution in [3.8, 4) is 5.88 Å². The predicted molar refractivity (Wildman–Crippen MR) is 41.3 cm³/mol. The number of carbonyl (C=O) groups excluding carboxylic acids is 1. The largest absolute Gasteiger partial charge is 0.546 e. The second-order valence-electron chi connectivity index (χ2n) is 2.47. The summed E-state index contributed by atoms with van der Waals surface area (Å²) in [6.07, 6.45) is 1.39. The van der Waals surface area contributed by atoms with Gasteiger partial charge in [-0.2, -0.15) is 4.52 Å². The fourth-order valence-corrected chi connectivity index (χ4v) is 0.921. The van der Waals surface area contributed by atoms with E-state index in [0.29, 0.717) is 5.65 Å². The average Bonchev–Trinajstić information content (AvgIpc) is 2.61. The molecule has 0 aromatic carbocycles. The van der Waals surface area contributed by atoms with E-state index in [4.69, 9.17) is 4.74 Å². The van der Waals surface area contributed by atoms with E-state index in [1.807, 2.05) is 0 Å². The molecule has 0 aliphatic rings. The molecule has 0 amide bonds. The van der Waals surface area contributed by atoms with Crippen molar-refractivity contribution in [3.63, 3.8) is 0 Å². The fraction of sp³-hybridized carbons (Fsp3) is 0.143. The second kappa shape index (κ2) is 3.29. The van der Waals surface area contributed by atoms with Gasteiger partial charge < -0.3 is 14.6 Å². The van der Waals surface area contributed by atoms with E-state index < -0.39 is 12.6 Å². The number of carboxylic acid groups (broad SMARTS) is 1. The molecule has 2 aromatic heterocycles. The summed E-state index contributed by atoms with van der Waals surface area (Å²) in [6.45, 7) is -0.527. The Morgan fingerprint density at radius 3 is 3.21 bits per heavy atom. The van der Waals surface area contributed by atoms with Gasteiger partial charge in [-0.25, -0.2) is 0 Å². The molecule has 14 heavy (non-hydrogen) atoms. The monoisotopic (exact) mass is 193 g/mol. The van der Waals surface area contributed by atoms with Crippen molar-refractivity contribution < 1.29 is 14.6 Å². The lowest BCUT2D eigenvalue weighted by atomic mass is 10.5. The van der Waals surface area contributed by atoms with E-state index in [1.54, 1.807) is 6.07 Å². The smallest absolute Gasteiger partial charge is 0.232 e. The van der Waals surface area contributed by atoms with Crippen LogP contribution in [0.15, 0.2) is 18.5 Å². The van der Waals surface area contributed by atoms with Crippen LogP contribution in [0.25, 0.3) is 5.65 Å². The van der Waals surface area contributed by atoms with Crippen LogP contribution >= 0.6 is 0 Å². The standard InChI is InChI=1S/C7H6N4O3/c12-7(13)3-14-6-2-1-5-9-8-4-11(5)10-6/h1-2,4H,3H2,(H,12,13)/p-1. The quantitative estimate of drug-likeness (QED) is 0.574. The van der Waals surface area contributed by atoms with Crippen molar-refractivity contribution in [3.05, 3.63) is 18.5 Å². The van der Waals surface area contributed by atoms with Crippen LogP contribution in [-0.4, -0.2) is 32.4 Å². The van der Waals surface area contributed by atoms with E-state index in [-0.39, 0.29) is 5.88 Å². The Hall–Kier alpha value is -2.18. The molecule has 0 atom stereocenters. The van der Waals surface area contributed by atoms with Crippen molar-refractivity contribution in [2.75, 3.05) is 6.61 Å². The molecule has 0 aliphatic heterocycles. The van der Waals surface area contributed by atoms with Gasteiger partial charge in [-0.3, -0.25) is 0 Å². The van der Waals surface area contributed by atoms with Crippen LogP contribution < -0.4 is 9.84 Å². The topological polar surface area (TPSA) is 92.4 Å². The molecule has 0 N–H and O–H groups in total. The number of ether oxygens (including phenoxy) is 1. The van der Waals surface area contributed by atoms with E-state index in [1.165, 1.54) is 16.9 Å². The molecule has 0 spiro atoms. The number of fused-ring (bicyclic) bond motifs is 1. The zero-order chi connectivity index (χ0) is 9.97. The van der Waals surface area contributed by atoms with Gasteiger partial charge >= 0.3 is 0 Å². The fourth-order valence-electron chi connectivity index (χ4n) is 0.921. The first-order valence-corrected chi connectivity index (χ1v) is 3.75. The first-order chi connectivity index (χ1) is 6.75. The van der Waals surface area contributed by atoms with Crippen molar-refractivity contribution in [2.24, 2.45) is 0 Å². The van der Waals surface area contributed by atoms with Crippen LogP contribution in [-0.2, 0) is 4.79 Å². The number of rotatable bonds is 3. The van der Waals surface area contributed by atoms with E-state index in [2.05, 4.69) is 15.3 Å². The Kier molecular flexibility index (Phi) is 1.98. The number of aromatic nitrogens is 4. The highest BCUT2D eigenvalue weighted by molar-refractivity contribution is 5.65. The molecule has 0 unspecified atom stereocenters. The molecule has 2 rings (SSSR count). The molecule has 2 aromatic rings. The molecular weight excluding hydrogens is 188 g/mol. The Bertz CT molecular complexity index is 467. The van der Waals surface area contributed by atoms with Gasteiger partial charge in [0.1, 0.15) is 12.9 Å². The molecule has 2 heterocycles. The summed E-state index contributed by atoms with van der Waals surface area (Å²) in [5.41, 5.74) is 0.561. The molecule has 0 saturated heterocycles. The van der Waals surface area contributed by atoms with Crippen molar-refractivity contribution in [2.45, 2.75) is 0 Å². The van der Waals surface area contributed by atoms with Crippen molar-refractivity contribution in [1.29, 1.82) is 0 Å². The third-order valence-electron chi connectivity index (χ3n) is 1.48. The van der Waals surface area contributed by atoms with Crippen molar-refractivity contribution in [1.82, 2.24) is 19.8 Å². The molecule has 0 aliphatic carbocycles. The molecule has 0 saturated carbocycles. The van der Waals surface area contributed by atoms with Gasteiger partial charge in [0.15, 0.2) is 5.65 Å². The highest BCUT2D eigenvalue weighted by atomic mass is 16.5. The SMILES string of the molecule is O=C([O-])COc1ccc2nncn2n1. The van der Waals surface area contributed by atoms with Crippen LogP contribution in [0.3, 0.4) is 0 Å². The first kappa shape index (κ1) is 8.42. The number of nitrogens with zero attached hydrogens (tertiary/aromatic N) is 4. The molecule has 0 bridgehead atoms. The average molecular weight is 193 g/mol. The Balaban J connectivity index is 2.21. The van der Waals surface area contributed by atoms with Crippen LogP contribution in [0.4, 0.5) is 0 Å². The summed E-state index contributed by atoms with van der Waals surface area (Å²) < 4.78 is 6.17. The van der Waals surface area contributed by atoms with Crippen molar-refractivity contribution >= 4 is 11.6 Å². The summed E-state index contributed by atoms with van der Waals surface area (Å²) in [5.74, 6) is -1.11. The number of carboxylic acids is 1. The zero-order valence-electron chi connectivity index (χ0n) is 6.95. The minimum atomic E-state index is -1.30. The van der Waals surface area contributed by atoms with Crippen LogP contribution in [0.1, 0.15) is 0 Å². The molecular formula is C7H5N4O3-. The molecule has 0 fully saturated rings. The second-order valence-corrected chi connectivity index (χ2v) is 2.47. The predicted octanol–water partition coefficient (Wildman–Crippen LogP) is -1.75. The Morgan fingerprint density at radius 1 is 1.57 bits per heavy atom. The third kappa shape index (κ3) is 1.60. The maximum absolute atomic E-state index is 10.1. The number of aliphatic carboxylic acids is 1. The normalized spacial score (nSPS) is 10.3. The first-order valence-electron chi connectivity index (χ1n) is 3.75. The van der Waals surface area contributed by atoms with E-state index in [9.17, 15) is 9.90 Å². The Labute approximate surface area is 77.9 Å². The van der Waals surface area contributed by atoms with Gasteiger partial charge in [0, 0.05) is 6.07 Å². The summed E-state index contributed by atoms with van der Waals surface area (Å²) in [4.78, 5) is 10.1. The number of hydrogen-bond donors (Lipinski definition) is 0. The van der Waals surface area contributed by atoms with Crippen LogP contribution in [0.2, 0.25) is 0 Å². The van der Waals surface area contributed by atoms with Gasteiger partial charge in [0.2, 0.25) is 5.88 Å². The lowest BCUT2D eigenvalue weighted by Crippen LogP contribution is -2.29. The van der Waals surface area contributed by atoms with Gasteiger partial charge in [0.25, 0.3) is 0 Å². The highest BCUT2D eigenvalue weighted by Crippen LogP contribution is 2.05. The maximum atomic E-state index is 10.1. The molecule has 7 nitrogen and oxygen atoms in total. The van der Waals surface area contributed by atoms with Gasteiger partial charge in [-0.1, -0.05) is 0 Å². The van der Waals surface area contributed by atoms with Crippen LogP contribution in [0.5, 0.6) is 5.88 Å². The van der Waals surface area contributed by atoms with Crippen LogP contribution in [0, 0.1) is 0 Å². The highest BCUT2D eigenvalue weighted by Gasteiger charge is 1.99. The number of hydrogen-bond acceptors (Lipinski definition) is 6. The maximum Gasteiger partial charge on any atom is 0.232 e. The lowest BCUT2D eigenvalue weighted by Gasteiger charge is -2.04. The molecule has 7 heteroatoms. The minimum Gasteiger partial charge on any atom is -0.546 e. The van der Waals surface area contributed by atoms with Gasteiger partial charge in [0.05, 0.1) is 5.97 Å². The summed E-state index contributed by atoms with van der Waals surface area (Å²) in [7, 11) is 0. The number of carbonyl (C=O) groups is 1. The lowest BCUT2D eigenvalue weighted by molar-refractivity contribution is -0.307. The minimum absolute atomic E-state index is 0.182. The van der Waals surface area contributed by atoms with E-state index >= 15 is 0 Å². The molecule has 0 radical (unpaired) electrons. The molecule has 72 valence electrons. The third-order valence-corrected chi connectivity index (χ3v) is 1.48. The summed E-state index contributed by atoms with van der Waals surface area (Å²) >= 11 is 0. The van der Waals surface area contributed by atoms with E-state index in [0.717, 1.165) is 0 Å². The Morgan fingerprint density at radius 2 is 2.43 bits per heavy atom. The van der Waals surface area contributed by atoms with Gasteiger partial charge in [-0.15, -0.1) is 15.3 Å². The zero-order valence-corrected chi connectivity index (χ0v) is 6.95. The van der Waals surface area contributed by atoms with Gasteiger partial charge in [-0.05, 0) is 6.07 Å².